The molecule has 2 fully saturated rings. The van der Waals surface area contributed by atoms with E-state index in [-0.39, 0.29) is 23.9 Å². The number of carbonyl (C=O) groups is 3. The van der Waals surface area contributed by atoms with Gasteiger partial charge in [-0.25, -0.2) is 9.59 Å². The maximum Gasteiger partial charge on any atom is 0.410 e. The third-order valence-electron chi connectivity index (χ3n) is 6.88. The van der Waals surface area contributed by atoms with Crippen molar-refractivity contribution in [3.05, 3.63) is 64.7 Å². The van der Waals surface area contributed by atoms with Crippen LogP contribution < -0.4 is 10.6 Å². The lowest BCUT2D eigenvalue weighted by atomic mass is 9.84. The van der Waals surface area contributed by atoms with Crippen molar-refractivity contribution in [3.63, 3.8) is 0 Å². The van der Waals surface area contributed by atoms with Gasteiger partial charge in [-0.1, -0.05) is 43.5 Å². The average molecular weight is 533 g/mol. The van der Waals surface area contributed by atoms with Crippen molar-refractivity contribution in [1.29, 1.82) is 5.26 Å². The Morgan fingerprint density at radius 3 is 2.21 bits per heavy atom. The summed E-state index contributed by atoms with van der Waals surface area (Å²) in [5, 5.41) is 14.2. The Balaban J connectivity index is 0.000000252. The molecule has 208 valence electrons. The van der Waals surface area contributed by atoms with Crippen LogP contribution in [0.5, 0.6) is 0 Å². The quantitative estimate of drug-likeness (QED) is 0.434. The Morgan fingerprint density at radius 1 is 1.00 bits per heavy atom. The monoisotopic (exact) mass is 532 g/mol. The van der Waals surface area contributed by atoms with Crippen molar-refractivity contribution in [2.45, 2.75) is 84.3 Å². The van der Waals surface area contributed by atoms with Gasteiger partial charge in [-0.2, -0.15) is 5.26 Å². The van der Waals surface area contributed by atoms with E-state index in [1.54, 1.807) is 18.2 Å². The molecule has 1 heterocycles. The minimum absolute atomic E-state index is 0.0598. The zero-order valence-electron chi connectivity index (χ0n) is 23.7. The van der Waals surface area contributed by atoms with E-state index in [4.69, 9.17) is 10.00 Å². The Labute approximate surface area is 231 Å². The second kappa shape index (κ2) is 13.3. The lowest BCUT2D eigenvalue weighted by Crippen LogP contribution is -2.62. The molecule has 2 N–H and O–H groups in total. The van der Waals surface area contributed by atoms with Crippen LogP contribution in [0.4, 0.5) is 15.3 Å². The first-order chi connectivity index (χ1) is 18.4. The fourth-order valence-electron chi connectivity index (χ4n) is 4.63. The zero-order valence-corrected chi connectivity index (χ0v) is 23.7. The third kappa shape index (κ3) is 9.13. The SMILES string of the molecule is CC(=O)c1ccc(C)c(NC(=O)NC2CN(C(=O)OC(C)(C)C)C2)c1.N#Cc1ccc(C2CCCCC2)cc1. The molecule has 1 aliphatic heterocycles. The molecule has 4 rings (SSSR count). The summed E-state index contributed by atoms with van der Waals surface area (Å²) in [5.74, 6) is 0.687. The second-order valence-corrected chi connectivity index (χ2v) is 11.3. The van der Waals surface area contributed by atoms with Crippen LogP contribution in [0.25, 0.3) is 0 Å². The molecule has 8 nitrogen and oxygen atoms in total. The van der Waals surface area contributed by atoms with Crippen LogP contribution in [0.1, 0.15) is 92.8 Å². The van der Waals surface area contributed by atoms with Gasteiger partial charge < -0.3 is 20.3 Å². The zero-order chi connectivity index (χ0) is 28.6. The van der Waals surface area contributed by atoms with Crippen LogP contribution in [0.2, 0.25) is 0 Å². The van der Waals surface area contributed by atoms with Crippen molar-refractivity contribution in [3.8, 4) is 6.07 Å². The van der Waals surface area contributed by atoms with Gasteiger partial charge in [0.25, 0.3) is 0 Å². The average Bonchev–Trinajstić information content (AvgIpc) is 2.87. The highest BCUT2D eigenvalue weighted by molar-refractivity contribution is 5.97. The number of nitriles is 1. The molecule has 2 aromatic rings. The smallest absolute Gasteiger partial charge is 0.410 e. The molecule has 0 unspecified atom stereocenters. The molecule has 8 heteroatoms. The number of amides is 3. The lowest BCUT2D eigenvalue weighted by Gasteiger charge is -2.39. The highest BCUT2D eigenvalue weighted by Gasteiger charge is 2.34. The number of hydrogen-bond acceptors (Lipinski definition) is 5. The van der Waals surface area contributed by atoms with Gasteiger partial charge in [0.1, 0.15) is 5.60 Å². The third-order valence-corrected chi connectivity index (χ3v) is 6.88. The van der Waals surface area contributed by atoms with E-state index in [9.17, 15) is 14.4 Å². The van der Waals surface area contributed by atoms with E-state index >= 15 is 0 Å². The van der Waals surface area contributed by atoms with Gasteiger partial charge in [0, 0.05) is 24.3 Å². The van der Waals surface area contributed by atoms with Gasteiger partial charge in [0.05, 0.1) is 17.7 Å². The Morgan fingerprint density at radius 2 is 1.64 bits per heavy atom. The van der Waals surface area contributed by atoms with Crippen molar-refractivity contribution in [2.24, 2.45) is 0 Å². The molecule has 1 saturated carbocycles. The highest BCUT2D eigenvalue weighted by atomic mass is 16.6. The van der Waals surface area contributed by atoms with Crippen molar-refractivity contribution < 1.29 is 19.1 Å². The van der Waals surface area contributed by atoms with Gasteiger partial charge >= 0.3 is 12.1 Å². The van der Waals surface area contributed by atoms with Crippen LogP contribution in [-0.4, -0.2) is 47.5 Å². The summed E-state index contributed by atoms with van der Waals surface area (Å²) < 4.78 is 5.27. The number of nitrogens with one attached hydrogen (secondary N) is 2. The number of nitrogens with zero attached hydrogens (tertiary/aromatic N) is 2. The number of carbonyl (C=O) groups excluding carboxylic acids is 3. The summed E-state index contributed by atoms with van der Waals surface area (Å²) in [4.78, 5) is 37.0. The number of ether oxygens (including phenoxy) is 1. The maximum atomic E-state index is 12.1. The summed E-state index contributed by atoms with van der Waals surface area (Å²) in [6, 6.07) is 15.0. The minimum Gasteiger partial charge on any atom is -0.444 e. The number of ketones is 1. The van der Waals surface area contributed by atoms with Gasteiger partial charge in [-0.3, -0.25) is 4.79 Å². The normalized spacial score (nSPS) is 15.6. The number of likely N-dealkylation sites (tertiary alicyclic amines) is 1. The lowest BCUT2D eigenvalue weighted by molar-refractivity contribution is 0.00648. The minimum atomic E-state index is -0.535. The topological polar surface area (TPSA) is 112 Å². The summed E-state index contributed by atoms with van der Waals surface area (Å²) in [6.07, 6.45) is 6.40. The molecular formula is C31H40N4O4. The Bertz CT molecular complexity index is 1200. The fourth-order valence-corrected chi connectivity index (χ4v) is 4.63. The molecule has 2 aromatic carbocycles. The van der Waals surface area contributed by atoms with E-state index in [1.165, 1.54) is 49.5 Å². The molecular weight excluding hydrogens is 492 g/mol. The number of anilines is 1. The van der Waals surface area contributed by atoms with Crippen molar-refractivity contribution in [2.75, 3.05) is 18.4 Å². The summed E-state index contributed by atoms with van der Waals surface area (Å²) >= 11 is 0. The van der Waals surface area contributed by atoms with Gasteiger partial charge in [-0.15, -0.1) is 0 Å². The molecule has 0 spiro atoms. The van der Waals surface area contributed by atoms with Gasteiger partial charge in [-0.05, 0) is 82.7 Å². The molecule has 0 atom stereocenters. The maximum absolute atomic E-state index is 12.1. The fraction of sp³-hybridized carbons (Fsp3) is 0.484. The number of rotatable bonds is 4. The number of benzene rings is 2. The molecule has 1 aliphatic carbocycles. The first kappa shape index (κ1) is 29.7. The number of hydrogen-bond donors (Lipinski definition) is 2. The molecule has 1 saturated heterocycles. The van der Waals surface area contributed by atoms with Gasteiger partial charge in [0.2, 0.25) is 0 Å². The molecule has 0 bridgehead atoms. The highest BCUT2D eigenvalue weighted by Crippen LogP contribution is 2.32. The van der Waals surface area contributed by atoms with E-state index in [1.807, 2.05) is 39.8 Å². The predicted octanol–water partition coefficient (Wildman–Crippen LogP) is 6.54. The number of Topliss-reactive ketones (excluding diaryl/α,β-unsaturated/α-hetero) is 1. The number of aryl methyl sites for hydroxylation is 1. The summed E-state index contributed by atoms with van der Waals surface area (Å²) in [6.45, 7) is 9.59. The molecule has 39 heavy (non-hydrogen) atoms. The van der Waals surface area contributed by atoms with E-state index in [2.05, 4.69) is 28.8 Å². The molecule has 0 aromatic heterocycles. The first-order valence-electron chi connectivity index (χ1n) is 13.6. The van der Waals surface area contributed by atoms with Crippen molar-refractivity contribution >= 4 is 23.6 Å². The van der Waals surface area contributed by atoms with Crippen LogP contribution in [-0.2, 0) is 4.74 Å². The van der Waals surface area contributed by atoms with Gasteiger partial charge in [0.15, 0.2) is 5.78 Å². The molecule has 0 radical (unpaired) electrons. The van der Waals surface area contributed by atoms with E-state index < -0.39 is 5.60 Å². The predicted molar refractivity (Wildman–Crippen MR) is 152 cm³/mol. The van der Waals surface area contributed by atoms with Crippen LogP contribution in [0, 0.1) is 18.3 Å². The Hall–Kier alpha value is -3.86. The summed E-state index contributed by atoms with van der Waals surface area (Å²) in [5.41, 5.74) is 3.65. The summed E-state index contributed by atoms with van der Waals surface area (Å²) in [7, 11) is 0. The standard InChI is InChI=1S/C18H25N3O4.C13H15N/c1-11-6-7-13(12(2)22)8-15(11)20-16(23)19-14-9-21(10-14)17(24)25-18(3,4)5;14-10-11-6-8-13(9-7-11)12-4-2-1-3-5-12/h6-8,14H,9-10H2,1-5H3,(H2,19,20,23);6-9,12H,1-5H2. The van der Waals surface area contributed by atoms with E-state index in [0.29, 0.717) is 24.3 Å². The molecule has 2 aliphatic rings. The largest absolute Gasteiger partial charge is 0.444 e. The van der Waals surface area contributed by atoms with E-state index in [0.717, 1.165) is 17.0 Å². The Kier molecular flexibility index (Phi) is 10.1. The second-order valence-electron chi connectivity index (χ2n) is 11.3. The number of urea groups is 1. The van der Waals surface area contributed by atoms with Crippen molar-refractivity contribution in [1.82, 2.24) is 10.2 Å². The first-order valence-corrected chi connectivity index (χ1v) is 13.6. The van der Waals surface area contributed by atoms with Crippen LogP contribution in [0.15, 0.2) is 42.5 Å². The van der Waals surface area contributed by atoms with Crippen LogP contribution in [0.3, 0.4) is 0 Å². The molecule has 3 amide bonds. The van der Waals surface area contributed by atoms with Crippen LogP contribution >= 0.6 is 0 Å².